The van der Waals surface area contributed by atoms with Crippen molar-refractivity contribution in [3.8, 4) is 0 Å². The minimum atomic E-state index is 0.505. The van der Waals surface area contributed by atoms with Crippen LogP contribution in [0.25, 0.3) is 0 Å². The highest BCUT2D eigenvalue weighted by Crippen LogP contribution is 2.07. The van der Waals surface area contributed by atoms with Crippen LogP contribution >= 0.6 is 0 Å². The van der Waals surface area contributed by atoms with E-state index in [1.54, 1.807) is 18.6 Å². The lowest BCUT2D eigenvalue weighted by atomic mass is 10.1. The van der Waals surface area contributed by atoms with Gasteiger partial charge in [-0.3, -0.25) is 4.98 Å². The van der Waals surface area contributed by atoms with E-state index >= 15 is 0 Å². The van der Waals surface area contributed by atoms with Gasteiger partial charge in [0.1, 0.15) is 5.82 Å². The Morgan fingerprint density at radius 2 is 2.46 bits per heavy atom. The van der Waals surface area contributed by atoms with Crippen LogP contribution in [0.4, 0.5) is 5.82 Å². The number of rotatable bonds is 2. The SMILES string of the molecule is c1cnc(NC2CCCNC2)cn1. The van der Waals surface area contributed by atoms with Crippen LogP contribution in [0.2, 0.25) is 0 Å². The maximum atomic E-state index is 4.17. The number of nitrogens with zero attached hydrogens (tertiary/aromatic N) is 2. The van der Waals surface area contributed by atoms with E-state index in [2.05, 4.69) is 20.6 Å². The summed E-state index contributed by atoms with van der Waals surface area (Å²) in [6, 6.07) is 0.505. The molecule has 1 fully saturated rings. The van der Waals surface area contributed by atoms with Gasteiger partial charge in [-0.15, -0.1) is 0 Å². The van der Waals surface area contributed by atoms with Crippen LogP contribution < -0.4 is 10.6 Å². The maximum absolute atomic E-state index is 4.17. The zero-order valence-electron chi connectivity index (χ0n) is 7.53. The fourth-order valence-corrected chi connectivity index (χ4v) is 1.56. The van der Waals surface area contributed by atoms with Crippen molar-refractivity contribution < 1.29 is 0 Å². The van der Waals surface area contributed by atoms with Crippen LogP contribution in [0.1, 0.15) is 12.8 Å². The maximum Gasteiger partial charge on any atom is 0.144 e. The van der Waals surface area contributed by atoms with Gasteiger partial charge < -0.3 is 10.6 Å². The van der Waals surface area contributed by atoms with Gasteiger partial charge in [0.25, 0.3) is 0 Å². The molecule has 0 bridgehead atoms. The molecule has 70 valence electrons. The molecule has 1 aromatic rings. The molecule has 1 aromatic heterocycles. The van der Waals surface area contributed by atoms with Crippen molar-refractivity contribution in [2.75, 3.05) is 18.4 Å². The highest BCUT2D eigenvalue weighted by molar-refractivity contribution is 5.31. The molecule has 0 spiro atoms. The lowest BCUT2D eigenvalue weighted by Gasteiger charge is -2.23. The summed E-state index contributed by atoms with van der Waals surface area (Å²) in [6.07, 6.45) is 7.60. The van der Waals surface area contributed by atoms with Crippen molar-refractivity contribution in [1.29, 1.82) is 0 Å². The second-order valence-electron chi connectivity index (χ2n) is 3.28. The van der Waals surface area contributed by atoms with E-state index in [1.807, 2.05) is 0 Å². The molecule has 13 heavy (non-hydrogen) atoms. The van der Waals surface area contributed by atoms with Gasteiger partial charge in [-0.05, 0) is 19.4 Å². The number of aromatic nitrogens is 2. The summed E-state index contributed by atoms with van der Waals surface area (Å²) in [6.45, 7) is 2.16. The molecular formula is C9H14N4. The highest BCUT2D eigenvalue weighted by Gasteiger charge is 2.12. The third-order valence-electron chi connectivity index (χ3n) is 2.21. The van der Waals surface area contributed by atoms with Gasteiger partial charge in [-0.2, -0.15) is 0 Å². The molecule has 1 aliphatic rings. The van der Waals surface area contributed by atoms with Crippen LogP contribution in [-0.4, -0.2) is 29.1 Å². The molecule has 0 aromatic carbocycles. The summed E-state index contributed by atoms with van der Waals surface area (Å²) in [5, 5.41) is 6.69. The molecule has 1 aliphatic heterocycles. The molecule has 0 saturated carbocycles. The topological polar surface area (TPSA) is 49.8 Å². The molecule has 1 saturated heterocycles. The predicted octanol–water partition coefficient (Wildman–Crippen LogP) is 0.640. The van der Waals surface area contributed by atoms with Gasteiger partial charge in [-0.25, -0.2) is 4.98 Å². The second kappa shape index (κ2) is 4.18. The summed E-state index contributed by atoms with van der Waals surface area (Å²) in [5.74, 6) is 0.871. The van der Waals surface area contributed by atoms with Crippen LogP contribution in [0.5, 0.6) is 0 Å². The summed E-state index contributed by atoms with van der Waals surface area (Å²) in [7, 11) is 0. The van der Waals surface area contributed by atoms with Gasteiger partial charge >= 0.3 is 0 Å². The minimum absolute atomic E-state index is 0.505. The van der Waals surface area contributed by atoms with E-state index in [0.29, 0.717) is 6.04 Å². The summed E-state index contributed by atoms with van der Waals surface area (Å²) < 4.78 is 0. The molecule has 0 amide bonds. The third kappa shape index (κ3) is 2.39. The molecule has 0 aliphatic carbocycles. The second-order valence-corrected chi connectivity index (χ2v) is 3.28. The molecule has 1 atom stereocenters. The van der Waals surface area contributed by atoms with Crippen molar-refractivity contribution in [1.82, 2.24) is 15.3 Å². The summed E-state index contributed by atoms with van der Waals surface area (Å²) in [4.78, 5) is 8.18. The van der Waals surface area contributed by atoms with Gasteiger partial charge in [0.15, 0.2) is 0 Å². The average Bonchev–Trinajstić information content (AvgIpc) is 2.21. The summed E-state index contributed by atoms with van der Waals surface area (Å²) in [5.41, 5.74) is 0. The van der Waals surface area contributed by atoms with Crippen molar-refractivity contribution in [2.45, 2.75) is 18.9 Å². The lowest BCUT2D eigenvalue weighted by molar-refractivity contribution is 0.479. The van der Waals surface area contributed by atoms with Crippen molar-refractivity contribution in [2.24, 2.45) is 0 Å². The van der Waals surface area contributed by atoms with Crippen molar-refractivity contribution in [3.63, 3.8) is 0 Å². The van der Waals surface area contributed by atoms with Gasteiger partial charge in [0.05, 0.1) is 6.20 Å². The Bertz CT molecular complexity index is 243. The first kappa shape index (κ1) is 8.44. The Balaban J connectivity index is 1.90. The van der Waals surface area contributed by atoms with Crippen molar-refractivity contribution in [3.05, 3.63) is 18.6 Å². The smallest absolute Gasteiger partial charge is 0.144 e. The van der Waals surface area contributed by atoms with E-state index in [-0.39, 0.29) is 0 Å². The fraction of sp³-hybridized carbons (Fsp3) is 0.556. The molecule has 0 radical (unpaired) electrons. The molecule has 4 heteroatoms. The van der Waals surface area contributed by atoms with Gasteiger partial charge in [-0.1, -0.05) is 0 Å². The number of hydrogen-bond donors (Lipinski definition) is 2. The number of nitrogens with one attached hydrogen (secondary N) is 2. The molecule has 2 N–H and O–H groups in total. The average molecular weight is 178 g/mol. The first-order valence-electron chi connectivity index (χ1n) is 4.68. The first-order valence-corrected chi connectivity index (χ1v) is 4.68. The van der Waals surface area contributed by atoms with Crippen LogP contribution in [-0.2, 0) is 0 Å². The zero-order chi connectivity index (χ0) is 8.93. The Hall–Kier alpha value is -1.16. The fourth-order valence-electron chi connectivity index (χ4n) is 1.56. The third-order valence-corrected chi connectivity index (χ3v) is 2.21. The summed E-state index contributed by atoms with van der Waals surface area (Å²) >= 11 is 0. The molecule has 4 nitrogen and oxygen atoms in total. The van der Waals surface area contributed by atoms with Crippen LogP contribution in [0.15, 0.2) is 18.6 Å². The highest BCUT2D eigenvalue weighted by atomic mass is 15.1. The predicted molar refractivity (Wildman–Crippen MR) is 51.5 cm³/mol. The van der Waals surface area contributed by atoms with Gasteiger partial charge in [0.2, 0.25) is 0 Å². The Morgan fingerprint density at radius 1 is 1.46 bits per heavy atom. The molecule has 1 unspecified atom stereocenters. The number of anilines is 1. The zero-order valence-corrected chi connectivity index (χ0v) is 7.53. The van der Waals surface area contributed by atoms with E-state index in [4.69, 9.17) is 0 Å². The van der Waals surface area contributed by atoms with Crippen LogP contribution in [0, 0.1) is 0 Å². The normalized spacial score (nSPS) is 22.6. The Kier molecular flexibility index (Phi) is 2.72. The van der Waals surface area contributed by atoms with E-state index in [1.165, 1.54) is 12.8 Å². The first-order chi connectivity index (χ1) is 6.45. The molecule has 2 heterocycles. The van der Waals surface area contributed by atoms with E-state index in [9.17, 15) is 0 Å². The number of hydrogen-bond acceptors (Lipinski definition) is 4. The largest absolute Gasteiger partial charge is 0.365 e. The lowest BCUT2D eigenvalue weighted by Crippen LogP contribution is -2.38. The number of piperidine rings is 1. The standard InChI is InChI=1S/C9H14N4/c1-2-8(6-10-3-1)13-9-7-11-4-5-12-9/h4-5,7-8,10H,1-3,6H2,(H,12,13). The van der Waals surface area contributed by atoms with Crippen LogP contribution in [0.3, 0.4) is 0 Å². The van der Waals surface area contributed by atoms with E-state index in [0.717, 1.165) is 18.9 Å². The molecular weight excluding hydrogens is 164 g/mol. The minimum Gasteiger partial charge on any atom is -0.365 e. The quantitative estimate of drug-likeness (QED) is 0.697. The monoisotopic (exact) mass is 178 g/mol. The Labute approximate surface area is 77.8 Å². The van der Waals surface area contributed by atoms with Gasteiger partial charge in [0, 0.05) is 25.0 Å². The van der Waals surface area contributed by atoms with E-state index < -0.39 is 0 Å². The Morgan fingerprint density at radius 3 is 3.15 bits per heavy atom. The van der Waals surface area contributed by atoms with Crippen molar-refractivity contribution >= 4 is 5.82 Å². The molecule has 2 rings (SSSR count).